The Kier molecular flexibility index (Phi) is 3.11. The standard InChI is InChI=1S/C18H23N3/c1-14(19-13-18(9-10-18)16-7-8-16)15-11-20-21(12-15)17-5-3-2-4-6-17/h2-6,11-12,14,16,19H,7-10,13H2,1H3. The second-order valence-corrected chi connectivity index (χ2v) is 6.79. The van der Waals surface area contributed by atoms with Gasteiger partial charge in [0.15, 0.2) is 0 Å². The third kappa shape index (κ3) is 2.62. The number of hydrogen-bond acceptors (Lipinski definition) is 2. The number of benzene rings is 1. The molecule has 2 saturated carbocycles. The average Bonchev–Trinajstić information content (AvgIpc) is 3.43. The maximum absolute atomic E-state index is 4.49. The lowest BCUT2D eigenvalue weighted by molar-refractivity contribution is 0.382. The van der Waals surface area contributed by atoms with Gasteiger partial charge in [0.1, 0.15) is 0 Å². The van der Waals surface area contributed by atoms with E-state index < -0.39 is 0 Å². The van der Waals surface area contributed by atoms with E-state index >= 15 is 0 Å². The highest BCUT2D eigenvalue weighted by Crippen LogP contribution is 2.60. The summed E-state index contributed by atoms with van der Waals surface area (Å²) in [6.07, 6.45) is 9.91. The minimum absolute atomic E-state index is 0.374. The van der Waals surface area contributed by atoms with E-state index in [-0.39, 0.29) is 0 Å². The second-order valence-electron chi connectivity index (χ2n) is 6.79. The molecular weight excluding hydrogens is 258 g/mol. The summed E-state index contributed by atoms with van der Waals surface area (Å²) in [5, 5.41) is 8.23. The fourth-order valence-electron chi connectivity index (χ4n) is 3.34. The van der Waals surface area contributed by atoms with Gasteiger partial charge in [-0.15, -0.1) is 0 Å². The molecule has 21 heavy (non-hydrogen) atoms. The Labute approximate surface area is 126 Å². The molecule has 1 aromatic heterocycles. The summed E-state index contributed by atoms with van der Waals surface area (Å²) in [6, 6.07) is 10.7. The van der Waals surface area contributed by atoms with Crippen molar-refractivity contribution in [2.45, 2.75) is 38.6 Å². The van der Waals surface area contributed by atoms with Crippen molar-refractivity contribution < 1.29 is 0 Å². The number of aromatic nitrogens is 2. The predicted octanol–water partition coefficient (Wildman–Crippen LogP) is 3.71. The predicted molar refractivity (Wildman–Crippen MR) is 84.4 cm³/mol. The van der Waals surface area contributed by atoms with Gasteiger partial charge in [-0.3, -0.25) is 0 Å². The summed E-state index contributed by atoms with van der Waals surface area (Å²) < 4.78 is 1.96. The molecule has 1 heterocycles. The minimum Gasteiger partial charge on any atom is -0.310 e. The smallest absolute Gasteiger partial charge is 0.0645 e. The van der Waals surface area contributed by atoms with E-state index in [9.17, 15) is 0 Å². The summed E-state index contributed by atoms with van der Waals surface area (Å²) in [7, 11) is 0. The average molecular weight is 281 g/mol. The van der Waals surface area contributed by atoms with Gasteiger partial charge in [0, 0.05) is 24.3 Å². The van der Waals surface area contributed by atoms with Crippen molar-refractivity contribution >= 4 is 0 Å². The van der Waals surface area contributed by atoms with Crippen molar-refractivity contribution in [1.29, 1.82) is 0 Å². The second kappa shape index (κ2) is 4.99. The fraction of sp³-hybridized carbons (Fsp3) is 0.500. The van der Waals surface area contributed by atoms with E-state index in [4.69, 9.17) is 0 Å². The molecule has 1 aromatic carbocycles. The van der Waals surface area contributed by atoms with Gasteiger partial charge in [-0.05, 0) is 56.1 Å². The first kappa shape index (κ1) is 13.1. The van der Waals surface area contributed by atoms with Crippen molar-refractivity contribution in [3.8, 4) is 5.69 Å². The zero-order valence-electron chi connectivity index (χ0n) is 12.6. The molecule has 1 atom stereocenters. The molecule has 110 valence electrons. The van der Waals surface area contributed by atoms with E-state index in [0.29, 0.717) is 11.5 Å². The molecule has 1 N–H and O–H groups in total. The van der Waals surface area contributed by atoms with Gasteiger partial charge in [0.05, 0.1) is 11.9 Å². The van der Waals surface area contributed by atoms with Gasteiger partial charge in [-0.1, -0.05) is 18.2 Å². The third-order valence-corrected chi connectivity index (χ3v) is 5.22. The number of rotatable bonds is 6. The monoisotopic (exact) mass is 281 g/mol. The zero-order valence-corrected chi connectivity index (χ0v) is 12.6. The van der Waals surface area contributed by atoms with E-state index in [2.05, 4.69) is 35.7 Å². The first-order chi connectivity index (χ1) is 10.3. The highest BCUT2D eigenvalue weighted by molar-refractivity contribution is 5.31. The summed E-state index contributed by atoms with van der Waals surface area (Å²) in [4.78, 5) is 0. The van der Waals surface area contributed by atoms with Crippen molar-refractivity contribution in [3.05, 3.63) is 48.3 Å². The fourth-order valence-corrected chi connectivity index (χ4v) is 3.34. The highest BCUT2D eigenvalue weighted by Gasteiger charge is 2.53. The number of para-hydroxylation sites is 1. The van der Waals surface area contributed by atoms with E-state index in [1.165, 1.54) is 37.8 Å². The molecule has 0 saturated heterocycles. The van der Waals surface area contributed by atoms with Gasteiger partial charge in [-0.25, -0.2) is 4.68 Å². The maximum Gasteiger partial charge on any atom is 0.0645 e. The molecule has 0 bridgehead atoms. The Hall–Kier alpha value is -1.61. The summed E-state index contributed by atoms with van der Waals surface area (Å²) in [5.74, 6) is 1.02. The number of nitrogens with one attached hydrogen (secondary N) is 1. The van der Waals surface area contributed by atoms with Crippen LogP contribution in [0, 0.1) is 11.3 Å². The van der Waals surface area contributed by atoms with Crippen molar-refractivity contribution in [3.63, 3.8) is 0 Å². The summed E-state index contributed by atoms with van der Waals surface area (Å²) in [5.41, 5.74) is 3.04. The summed E-state index contributed by atoms with van der Waals surface area (Å²) in [6.45, 7) is 3.42. The van der Waals surface area contributed by atoms with E-state index in [0.717, 1.165) is 11.6 Å². The molecule has 2 aromatic rings. The van der Waals surface area contributed by atoms with Crippen LogP contribution in [0.15, 0.2) is 42.7 Å². The van der Waals surface area contributed by atoms with E-state index in [1.54, 1.807) is 0 Å². The van der Waals surface area contributed by atoms with Crippen LogP contribution >= 0.6 is 0 Å². The molecule has 0 aliphatic heterocycles. The first-order valence-corrected chi connectivity index (χ1v) is 8.10. The Morgan fingerprint density at radius 1 is 1.29 bits per heavy atom. The lowest BCUT2D eigenvalue weighted by atomic mass is 10.00. The molecule has 2 aliphatic rings. The van der Waals surface area contributed by atoms with Crippen molar-refractivity contribution in [2.75, 3.05) is 6.54 Å². The van der Waals surface area contributed by atoms with Crippen LogP contribution in [-0.2, 0) is 0 Å². The Bertz CT molecular complexity index is 608. The number of nitrogens with zero attached hydrogens (tertiary/aromatic N) is 2. The molecule has 2 aliphatic carbocycles. The van der Waals surface area contributed by atoms with Gasteiger partial charge >= 0.3 is 0 Å². The van der Waals surface area contributed by atoms with Crippen LogP contribution in [0.3, 0.4) is 0 Å². The molecule has 3 nitrogen and oxygen atoms in total. The van der Waals surface area contributed by atoms with Gasteiger partial charge in [0.2, 0.25) is 0 Å². The Morgan fingerprint density at radius 2 is 2.05 bits per heavy atom. The van der Waals surface area contributed by atoms with Crippen LogP contribution in [0.1, 0.15) is 44.2 Å². The van der Waals surface area contributed by atoms with Crippen LogP contribution in [0.5, 0.6) is 0 Å². The SMILES string of the molecule is CC(NCC1(C2CC2)CC1)c1cnn(-c2ccccc2)c1. The highest BCUT2D eigenvalue weighted by atomic mass is 15.3. The molecule has 0 amide bonds. The summed E-state index contributed by atoms with van der Waals surface area (Å²) >= 11 is 0. The first-order valence-electron chi connectivity index (χ1n) is 8.10. The van der Waals surface area contributed by atoms with Crippen molar-refractivity contribution in [1.82, 2.24) is 15.1 Å². The van der Waals surface area contributed by atoms with Crippen LogP contribution < -0.4 is 5.32 Å². The molecular formula is C18H23N3. The van der Waals surface area contributed by atoms with Crippen LogP contribution in [0.4, 0.5) is 0 Å². The topological polar surface area (TPSA) is 29.9 Å². The Balaban J connectivity index is 1.41. The molecule has 1 unspecified atom stereocenters. The van der Waals surface area contributed by atoms with Crippen LogP contribution in [-0.4, -0.2) is 16.3 Å². The lowest BCUT2D eigenvalue weighted by Crippen LogP contribution is -2.27. The minimum atomic E-state index is 0.374. The zero-order chi connectivity index (χ0) is 14.3. The normalized spacial score (nSPS) is 21.2. The van der Waals surface area contributed by atoms with Gasteiger partial charge < -0.3 is 5.32 Å². The third-order valence-electron chi connectivity index (χ3n) is 5.22. The van der Waals surface area contributed by atoms with Crippen molar-refractivity contribution in [2.24, 2.45) is 11.3 Å². The molecule has 2 fully saturated rings. The van der Waals surface area contributed by atoms with Crippen LogP contribution in [0.2, 0.25) is 0 Å². The van der Waals surface area contributed by atoms with Crippen LogP contribution in [0.25, 0.3) is 5.69 Å². The molecule has 0 radical (unpaired) electrons. The van der Waals surface area contributed by atoms with Gasteiger partial charge in [0.25, 0.3) is 0 Å². The van der Waals surface area contributed by atoms with Gasteiger partial charge in [-0.2, -0.15) is 5.10 Å². The Morgan fingerprint density at radius 3 is 2.71 bits per heavy atom. The van der Waals surface area contributed by atoms with E-state index in [1.807, 2.05) is 29.1 Å². The quantitative estimate of drug-likeness (QED) is 0.874. The molecule has 4 rings (SSSR count). The largest absolute Gasteiger partial charge is 0.310 e. The number of hydrogen-bond donors (Lipinski definition) is 1. The maximum atomic E-state index is 4.49. The lowest BCUT2D eigenvalue weighted by Gasteiger charge is -2.19. The molecule has 0 spiro atoms. The molecule has 3 heteroatoms.